The Labute approximate surface area is 122 Å². The van der Waals surface area contributed by atoms with Gasteiger partial charge in [0.1, 0.15) is 12.2 Å². The highest BCUT2D eigenvalue weighted by Gasteiger charge is 2.30. The van der Waals surface area contributed by atoms with Crippen LogP contribution in [0.5, 0.6) is 0 Å². The average Bonchev–Trinajstić information content (AvgIpc) is 3.17. The van der Waals surface area contributed by atoms with Gasteiger partial charge >= 0.3 is 0 Å². The fourth-order valence-corrected chi connectivity index (χ4v) is 3.49. The lowest BCUT2D eigenvalue weighted by Gasteiger charge is -2.14. The molecule has 0 aliphatic carbocycles. The van der Waals surface area contributed by atoms with Crippen molar-refractivity contribution < 1.29 is 4.79 Å². The molecule has 1 N–H and O–H groups in total. The summed E-state index contributed by atoms with van der Waals surface area (Å²) in [6.45, 7) is 5.81. The SMILES string of the molecule is CC(C)c1ccc(C(=O)N2CCC(c3ncn[nH]3)C2)s1. The number of carbonyl (C=O) groups is 1. The van der Waals surface area contributed by atoms with Crippen molar-refractivity contribution in [3.05, 3.63) is 34.0 Å². The minimum Gasteiger partial charge on any atom is -0.337 e. The van der Waals surface area contributed by atoms with Gasteiger partial charge in [-0.2, -0.15) is 5.10 Å². The van der Waals surface area contributed by atoms with E-state index in [1.807, 2.05) is 11.0 Å². The Morgan fingerprint density at radius 3 is 3.00 bits per heavy atom. The maximum atomic E-state index is 12.5. The molecule has 0 saturated carbocycles. The van der Waals surface area contributed by atoms with Gasteiger partial charge in [-0.25, -0.2) is 4.98 Å². The van der Waals surface area contributed by atoms with Crippen LogP contribution in [0.15, 0.2) is 18.5 Å². The zero-order valence-corrected chi connectivity index (χ0v) is 12.5. The van der Waals surface area contributed by atoms with Gasteiger partial charge < -0.3 is 4.90 Å². The summed E-state index contributed by atoms with van der Waals surface area (Å²) in [5, 5.41) is 6.78. The van der Waals surface area contributed by atoms with Crippen LogP contribution in [0.3, 0.4) is 0 Å². The number of carbonyl (C=O) groups excluding carboxylic acids is 1. The Morgan fingerprint density at radius 1 is 1.50 bits per heavy atom. The van der Waals surface area contributed by atoms with Crippen LogP contribution >= 0.6 is 11.3 Å². The molecule has 2 aromatic heterocycles. The molecule has 5 nitrogen and oxygen atoms in total. The van der Waals surface area contributed by atoms with Crippen molar-refractivity contribution in [3.63, 3.8) is 0 Å². The molecule has 0 radical (unpaired) electrons. The Balaban J connectivity index is 1.69. The van der Waals surface area contributed by atoms with Gasteiger partial charge in [0.2, 0.25) is 0 Å². The van der Waals surface area contributed by atoms with Crippen molar-refractivity contribution in [2.24, 2.45) is 0 Å². The van der Waals surface area contributed by atoms with Crippen LogP contribution in [0.4, 0.5) is 0 Å². The number of H-pyrrole nitrogens is 1. The van der Waals surface area contributed by atoms with Crippen molar-refractivity contribution >= 4 is 17.2 Å². The molecule has 20 heavy (non-hydrogen) atoms. The molecule has 1 saturated heterocycles. The third-order valence-corrected chi connectivity index (χ3v) is 5.08. The molecule has 2 aromatic rings. The van der Waals surface area contributed by atoms with Crippen LogP contribution in [0, 0.1) is 0 Å². The van der Waals surface area contributed by atoms with Gasteiger partial charge in [0.25, 0.3) is 5.91 Å². The summed E-state index contributed by atoms with van der Waals surface area (Å²) in [6.07, 6.45) is 2.47. The van der Waals surface area contributed by atoms with Gasteiger partial charge in [0, 0.05) is 23.9 Å². The fourth-order valence-electron chi connectivity index (χ4n) is 2.51. The Kier molecular flexibility index (Phi) is 3.56. The lowest BCUT2D eigenvalue weighted by Crippen LogP contribution is -2.27. The summed E-state index contributed by atoms with van der Waals surface area (Å²) in [4.78, 5) is 20.7. The minimum absolute atomic E-state index is 0.143. The molecule has 3 rings (SSSR count). The number of nitrogens with zero attached hydrogens (tertiary/aromatic N) is 3. The number of amides is 1. The van der Waals surface area contributed by atoms with E-state index in [4.69, 9.17) is 0 Å². The van der Waals surface area contributed by atoms with E-state index < -0.39 is 0 Å². The van der Waals surface area contributed by atoms with Gasteiger partial charge in [0.05, 0.1) is 4.88 Å². The highest BCUT2D eigenvalue weighted by molar-refractivity contribution is 7.14. The molecular formula is C14H18N4OS. The third-order valence-electron chi connectivity index (χ3n) is 3.70. The standard InChI is InChI=1S/C14H18N4OS/c1-9(2)11-3-4-12(20-11)14(19)18-6-5-10(7-18)13-15-8-16-17-13/h3-4,8-10H,5-7H2,1-2H3,(H,15,16,17). The van der Waals surface area contributed by atoms with Gasteiger partial charge in [-0.15, -0.1) is 11.3 Å². The molecule has 1 unspecified atom stereocenters. The number of aromatic nitrogens is 3. The number of likely N-dealkylation sites (tertiary alicyclic amines) is 1. The molecule has 0 aromatic carbocycles. The van der Waals surface area contributed by atoms with Crippen molar-refractivity contribution in [2.75, 3.05) is 13.1 Å². The van der Waals surface area contributed by atoms with E-state index in [0.29, 0.717) is 5.92 Å². The number of hydrogen-bond acceptors (Lipinski definition) is 4. The van der Waals surface area contributed by atoms with Gasteiger partial charge in [0.15, 0.2) is 0 Å². The first-order chi connectivity index (χ1) is 9.65. The Hall–Kier alpha value is -1.69. The number of thiophene rings is 1. The predicted molar refractivity (Wildman–Crippen MR) is 78.1 cm³/mol. The van der Waals surface area contributed by atoms with Crippen molar-refractivity contribution in [1.29, 1.82) is 0 Å². The smallest absolute Gasteiger partial charge is 0.263 e. The second-order valence-electron chi connectivity index (χ2n) is 5.46. The van der Waals surface area contributed by atoms with Crippen LogP contribution in [-0.4, -0.2) is 39.1 Å². The Morgan fingerprint density at radius 2 is 2.35 bits per heavy atom. The molecule has 0 spiro atoms. The van der Waals surface area contributed by atoms with Gasteiger partial charge in [-0.3, -0.25) is 9.89 Å². The van der Waals surface area contributed by atoms with Crippen molar-refractivity contribution in [3.8, 4) is 0 Å². The van der Waals surface area contributed by atoms with E-state index in [0.717, 1.165) is 30.2 Å². The number of hydrogen-bond donors (Lipinski definition) is 1. The maximum Gasteiger partial charge on any atom is 0.263 e. The van der Waals surface area contributed by atoms with E-state index in [1.165, 1.54) is 11.2 Å². The Bertz CT molecular complexity index is 590. The van der Waals surface area contributed by atoms with E-state index in [-0.39, 0.29) is 11.8 Å². The second-order valence-corrected chi connectivity index (χ2v) is 6.58. The normalized spacial score (nSPS) is 18.9. The molecular weight excluding hydrogens is 272 g/mol. The minimum atomic E-state index is 0.143. The second kappa shape index (κ2) is 5.36. The van der Waals surface area contributed by atoms with E-state index in [1.54, 1.807) is 11.3 Å². The zero-order valence-electron chi connectivity index (χ0n) is 11.7. The van der Waals surface area contributed by atoms with E-state index in [9.17, 15) is 4.79 Å². The summed E-state index contributed by atoms with van der Waals surface area (Å²) in [5.74, 6) is 1.78. The van der Waals surface area contributed by atoms with Crippen molar-refractivity contribution in [1.82, 2.24) is 20.1 Å². The van der Waals surface area contributed by atoms with Crippen LogP contribution in [0.25, 0.3) is 0 Å². The topological polar surface area (TPSA) is 61.9 Å². The fraction of sp³-hybridized carbons (Fsp3) is 0.500. The molecule has 106 valence electrons. The molecule has 0 bridgehead atoms. The summed E-state index contributed by atoms with van der Waals surface area (Å²) in [5.41, 5.74) is 0. The molecule has 1 amide bonds. The lowest BCUT2D eigenvalue weighted by atomic mass is 10.1. The lowest BCUT2D eigenvalue weighted by molar-refractivity contribution is 0.0795. The van der Waals surface area contributed by atoms with Gasteiger partial charge in [-0.05, 0) is 24.5 Å². The first-order valence-corrected chi connectivity index (χ1v) is 7.71. The van der Waals surface area contributed by atoms with Crippen LogP contribution in [-0.2, 0) is 0 Å². The summed E-state index contributed by atoms with van der Waals surface area (Å²) in [6, 6.07) is 4.01. The molecule has 1 aliphatic rings. The molecule has 1 fully saturated rings. The number of nitrogens with one attached hydrogen (secondary N) is 1. The first-order valence-electron chi connectivity index (χ1n) is 6.89. The third kappa shape index (κ3) is 2.47. The molecule has 1 atom stereocenters. The summed E-state index contributed by atoms with van der Waals surface area (Å²) in [7, 11) is 0. The summed E-state index contributed by atoms with van der Waals surface area (Å²) >= 11 is 1.61. The highest BCUT2D eigenvalue weighted by Crippen LogP contribution is 2.29. The zero-order chi connectivity index (χ0) is 14.1. The number of rotatable bonds is 3. The number of aromatic amines is 1. The van der Waals surface area contributed by atoms with E-state index >= 15 is 0 Å². The maximum absolute atomic E-state index is 12.5. The van der Waals surface area contributed by atoms with Gasteiger partial charge in [-0.1, -0.05) is 13.8 Å². The molecule has 6 heteroatoms. The van der Waals surface area contributed by atoms with Crippen LogP contribution in [0.2, 0.25) is 0 Å². The van der Waals surface area contributed by atoms with Crippen molar-refractivity contribution in [2.45, 2.75) is 32.1 Å². The predicted octanol–water partition coefficient (Wildman–Crippen LogP) is 2.62. The molecule has 1 aliphatic heterocycles. The monoisotopic (exact) mass is 290 g/mol. The quantitative estimate of drug-likeness (QED) is 0.945. The van der Waals surface area contributed by atoms with E-state index in [2.05, 4.69) is 35.1 Å². The average molecular weight is 290 g/mol. The largest absolute Gasteiger partial charge is 0.337 e. The van der Waals surface area contributed by atoms with Crippen LogP contribution in [0.1, 0.15) is 52.5 Å². The highest BCUT2D eigenvalue weighted by atomic mass is 32.1. The molecule has 3 heterocycles. The van der Waals surface area contributed by atoms with Crippen LogP contribution < -0.4 is 0 Å². The summed E-state index contributed by atoms with van der Waals surface area (Å²) < 4.78 is 0. The first kappa shape index (κ1) is 13.3.